The van der Waals surface area contributed by atoms with Gasteiger partial charge >= 0.3 is 0 Å². The maximum atomic E-state index is 5.90. The first-order valence-electron chi connectivity index (χ1n) is 7.13. The van der Waals surface area contributed by atoms with Crippen molar-refractivity contribution >= 4 is 5.69 Å². The average molecular weight is 278 g/mol. The van der Waals surface area contributed by atoms with E-state index >= 15 is 0 Å². The maximum absolute atomic E-state index is 5.90. The Labute approximate surface area is 119 Å². The van der Waals surface area contributed by atoms with Crippen molar-refractivity contribution in [1.82, 2.24) is 4.90 Å². The number of nitrogen functional groups attached to an aromatic ring is 1. The molecule has 0 amide bonds. The zero-order valence-electron chi connectivity index (χ0n) is 11.9. The molecule has 2 aliphatic heterocycles. The van der Waals surface area contributed by atoms with E-state index in [-0.39, 0.29) is 5.79 Å². The quantitative estimate of drug-likeness (QED) is 0.851. The monoisotopic (exact) mass is 278 g/mol. The van der Waals surface area contributed by atoms with Gasteiger partial charge < -0.3 is 19.9 Å². The molecule has 2 fully saturated rings. The molecule has 2 saturated heterocycles. The Hall–Kier alpha value is -1.30. The van der Waals surface area contributed by atoms with Crippen molar-refractivity contribution in [3.05, 3.63) is 23.8 Å². The molecular weight excluding hydrogens is 256 g/mol. The van der Waals surface area contributed by atoms with Crippen LogP contribution >= 0.6 is 0 Å². The summed E-state index contributed by atoms with van der Waals surface area (Å²) in [5.74, 6) is 0.514. The van der Waals surface area contributed by atoms with Crippen molar-refractivity contribution in [3.63, 3.8) is 0 Å². The molecule has 0 atom stereocenters. The first kappa shape index (κ1) is 13.7. The van der Waals surface area contributed by atoms with E-state index in [0.29, 0.717) is 0 Å². The van der Waals surface area contributed by atoms with E-state index in [0.717, 1.165) is 57.1 Å². The maximum Gasteiger partial charge on any atom is 0.170 e. The Morgan fingerprint density at radius 1 is 1.20 bits per heavy atom. The van der Waals surface area contributed by atoms with Crippen LogP contribution in [0.3, 0.4) is 0 Å². The number of nitrogens with two attached hydrogens (primary N) is 1. The van der Waals surface area contributed by atoms with Crippen LogP contribution in [0.1, 0.15) is 18.4 Å². The molecule has 5 nitrogen and oxygen atoms in total. The SMILES string of the molecule is COc1cc(N)cc(CN2CCC3(CC2)OCCO3)c1. The van der Waals surface area contributed by atoms with Crippen LogP contribution in [0, 0.1) is 0 Å². The molecule has 2 N–H and O–H groups in total. The fourth-order valence-electron chi connectivity index (χ4n) is 2.99. The summed E-state index contributed by atoms with van der Waals surface area (Å²) in [6.45, 7) is 4.31. The second-order valence-electron chi connectivity index (χ2n) is 5.50. The lowest BCUT2D eigenvalue weighted by atomic mass is 10.0. The lowest BCUT2D eigenvalue weighted by molar-refractivity contribution is -0.185. The topological polar surface area (TPSA) is 57.0 Å². The van der Waals surface area contributed by atoms with Gasteiger partial charge in [0.05, 0.1) is 20.3 Å². The van der Waals surface area contributed by atoms with Crippen LogP contribution in [0.2, 0.25) is 0 Å². The van der Waals surface area contributed by atoms with Crippen molar-refractivity contribution < 1.29 is 14.2 Å². The van der Waals surface area contributed by atoms with E-state index in [1.54, 1.807) is 7.11 Å². The van der Waals surface area contributed by atoms with Gasteiger partial charge in [-0.05, 0) is 17.7 Å². The van der Waals surface area contributed by atoms with Gasteiger partial charge in [-0.1, -0.05) is 0 Å². The first-order valence-corrected chi connectivity index (χ1v) is 7.13. The zero-order chi connectivity index (χ0) is 14.0. The minimum atomic E-state index is -0.302. The number of piperidine rings is 1. The Kier molecular flexibility index (Phi) is 3.83. The van der Waals surface area contributed by atoms with E-state index in [1.807, 2.05) is 18.2 Å². The Morgan fingerprint density at radius 3 is 2.55 bits per heavy atom. The number of methoxy groups -OCH3 is 1. The van der Waals surface area contributed by atoms with E-state index in [9.17, 15) is 0 Å². The number of anilines is 1. The molecule has 1 aromatic carbocycles. The number of ether oxygens (including phenoxy) is 3. The highest BCUT2D eigenvalue weighted by molar-refractivity contribution is 5.47. The fourth-order valence-corrected chi connectivity index (χ4v) is 2.99. The van der Waals surface area contributed by atoms with E-state index in [2.05, 4.69) is 4.90 Å². The Morgan fingerprint density at radius 2 is 1.90 bits per heavy atom. The van der Waals surface area contributed by atoms with Crippen LogP contribution in [-0.2, 0) is 16.0 Å². The molecule has 0 bridgehead atoms. The molecule has 3 rings (SSSR count). The molecule has 5 heteroatoms. The number of nitrogens with zero attached hydrogens (tertiary/aromatic N) is 1. The van der Waals surface area contributed by atoms with Crippen LogP contribution in [0.25, 0.3) is 0 Å². The molecular formula is C15H22N2O3. The minimum Gasteiger partial charge on any atom is -0.497 e. The molecule has 1 aromatic rings. The number of hydrogen-bond acceptors (Lipinski definition) is 5. The van der Waals surface area contributed by atoms with E-state index in [1.165, 1.54) is 5.56 Å². The predicted octanol–water partition coefficient (Wildman–Crippen LogP) is 1.62. The Balaban J connectivity index is 1.60. The lowest BCUT2D eigenvalue weighted by Gasteiger charge is -2.37. The summed E-state index contributed by atoms with van der Waals surface area (Å²) in [7, 11) is 1.66. The lowest BCUT2D eigenvalue weighted by Crippen LogP contribution is -2.44. The summed E-state index contributed by atoms with van der Waals surface area (Å²) in [5.41, 5.74) is 7.83. The molecule has 2 aliphatic rings. The van der Waals surface area contributed by atoms with Gasteiger partial charge in [-0.25, -0.2) is 0 Å². The van der Waals surface area contributed by atoms with Crippen LogP contribution in [0.15, 0.2) is 18.2 Å². The van der Waals surface area contributed by atoms with Gasteiger partial charge in [-0.15, -0.1) is 0 Å². The van der Waals surface area contributed by atoms with Gasteiger partial charge in [0.1, 0.15) is 5.75 Å². The minimum absolute atomic E-state index is 0.302. The van der Waals surface area contributed by atoms with Crippen molar-refractivity contribution in [1.29, 1.82) is 0 Å². The summed E-state index contributed by atoms with van der Waals surface area (Å²) in [5, 5.41) is 0. The molecule has 20 heavy (non-hydrogen) atoms. The third kappa shape index (κ3) is 2.90. The molecule has 1 spiro atoms. The van der Waals surface area contributed by atoms with Gasteiger partial charge in [0, 0.05) is 44.2 Å². The predicted molar refractivity (Wildman–Crippen MR) is 76.6 cm³/mol. The summed E-state index contributed by atoms with van der Waals surface area (Å²) < 4.78 is 16.8. The molecule has 0 radical (unpaired) electrons. The number of benzene rings is 1. The normalized spacial score (nSPS) is 22.2. The smallest absolute Gasteiger partial charge is 0.170 e. The van der Waals surface area contributed by atoms with Crippen LogP contribution < -0.4 is 10.5 Å². The molecule has 2 heterocycles. The molecule has 110 valence electrons. The average Bonchev–Trinajstić information content (AvgIpc) is 2.89. The van der Waals surface area contributed by atoms with Crippen molar-refractivity contribution in [3.8, 4) is 5.75 Å². The molecule has 0 unspecified atom stereocenters. The summed E-state index contributed by atoms with van der Waals surface area (Å²) in [6.07, 6.45) is 1.87. The van der Waals surface area contributed by atoms with Crippen LogP contribution in [0.5, 0.6) is 5.75 Å². The number of rotatable bonds is 3. The summed E-state index contributed by atoms with van der Waals surface area (Å²) in [4.78, 5) is 2.41. The number of likely N-dealkylation sites (tertiary alicyclic amines) is 1. The zero-order valence-corrected chi connectivity index (χ0v) is 11.9. The van der Waals surface area contributed by atoms with Crippen molar-refractivity contribution in [2.45, 2.75) is 25.2 Å². The van der Waals surface area contributed by atoms with E-state index < -0.39 is 0 Å². The molecule has 0 saturated carbocycles. The highest BCUT2D eigenvalue weighted by atomic mass is 16.7. The van der Waals surface area contributed by atoms with Gasteiger partial charge in [0.2, 0.25) is 0 Å². The second-order valence-corrected chi connectivity index (χ2v) is 5.50. The first-order chi connectivity index (χ1) is 9.69. The van der Waals surface area contributed by atoms with Crippen LogP contribution in [0.4, 0.5) is 5.69 Å². The molecule has 0 aromatic heterocycles. The van der Waals surface area contributed by atoms with E-state index in [4.69, 9.17) is 19.9 Å². The van der Waals surface area contributed by atoms with Gasteiger partial charge in [-0.3, -0.25) is 4.90 Å². The summed E-state index contributed by atoms with van der Waals surface area (Å²) >= 11 is 0. The summed E-state index contributed by atoms with van der Waals surface area (Å²) in [6, 6.07) is 5.90. The molecule has 0 aliphatic carbocycles. The fraction of sp³-hybridized carbons (Fsp3) is 0.600. The van der Waals surface area contributed by atoms with Gasteiger partial charge in [0.25, 0.3) is 0 Å². The van der Waals surface area contributed by atoms with Crippen molar-refractivity contribution in [2.75, 3.05) is 39.1 Å². The van der Waals surface area contributed by atoms with Crippen LogP contribution in [-0.4, -0.2) is 44.1 Å². The Bertz CT molecular complexity index is 462. The number of hydrogen-bond donors (Lipinski definition) is 1. The van der Waals surface area contributed by atoms with Gasteiger partial charge in [0.15, 0.2) is 5.79 Å². The second kappa shape index (κ2) is 5.60. The third-order valence-corrected chi connectivity index (χ3v) is 4.06. The van der Waals surface area contributed by atoms with Crippen molar-refractivity contribution in [2.24, 2.45) is 0 Å². The third-order valence-electron chi connectivity index (χ3n) is 4.06. The standard InChI is InChI=1S/C15H22N2O3/c1-18-14-9-12(8-13(16)10-14)11-17-4-2-15(3-5-17)19-6-7-20-15/h8-10H,2-7,11,16H2,1H3. The van der Waals surface area contributed by atoms with Gasteiger partial charge in [-0.2, -0.15) is 0 Å². The largest absolute Gasteiger partial charge is 0.497 e. The highest BCUT2D eigenvalue weighted by Crippen LogP contribution is 2.32. The highest BCUT2D eigenvalue weighted by Gasteiger charge is 2.39.